The van der Waals surface area contributed by atoms with Crippen LogP contribution in [-0.2, 0) is 19.4 Å². The van der Waals surface area contributed by atoms with E-state index in [2.05, 4.69) is 15.6 Å². The Bertz CT molecular complexity index is 1310. The Balaban J connectivity index is 1.71. The summed E-state index contributed by atoms with van der Waals surface area (Å²) in [5.41, 5.74) is 0.107. The van der Waals surface area contributed by atoms with Crippen molar-refractivity contribution in [2.24, 2.45) is 10.8 Å². The molecule has 1 amide bonds. The highest BCUT2D eigenvalue weighted by Gasteiger charge is 2.38. The minimum Gasteiger partial charge on any atom is -0.480 e. The molecular formula is C28H40ClN3O5S2. The van der Waals surface area contributed by atoms with Gasteiger partial charge in [0.2, 0.25) is 5.91 Å². The molecule has 0 aliphatic heterocycles. The Morgan fingerprint density at radius 1 is 1.18 bits per heavy atom. The normalized spacial score (nSPS) is 16.2. The lowest BCUT2D eigenvalue weighted by Crippen LogP contribution is -2.47. The fourth-order valence-corrected chi connectivity index (χ4v) is 7.84. The summed E-state index contributed by atoms with van der Waals surface area (Å²) in [6, 6.07) is 4.36. The molecule has 1 aromatic heterocycles. The van der Waals surface area contributed by atoms with E-state index < -0.39 is 32.7 Å². The molecule has 0 unspecified atom stereocenters. The van der Waals surface area contributed by atoms with Crippen molar-refractivity contribution in [1.29, 1.82) is 0 Å². The molecule has 1 heterocycles. The number of hydrogen-bond acceptors (Lipinski definition) is 7. The van der Waals surface area contributed by atoms with Gasteiger partial charge in [-0.15, -0.1) is 0 Å². The van der Waals surface area contributed by atoms with Crippen LogP contribution in [0.2, 0.25) is 5.02 Å². The van der Waals surface area contributed by atoms with Crippen molar-refractivity contribution in [2.45, 2.75) is 96.5 Å². The molecule has 3 N–H and O–H groups in total. The number of aliphatic carboxylic acids is 1. The molecule has 1 aliphatic carbocycles. The summed E-state index contributed by atoms with van der Waals surface area (Å²) in [5, 5.41) is 16.7. The first-order valence-electron chi connectivity index (χ1n) is 13.3. The zero-order chi connectivity index (χ0) is 29.2. The van der Waals surface area contributed by atoms with Crippen molar-refractivity contribution in [1.82, 2.24) is 10.3 Å². The van der Waals surface area contributed by atoms with Gasteiger partial charge in [0.15, 0.2) is 15.0 Å². The highest BCUT2D eigenvalue weighted by atomic mass is 35.5. The Morgan fingerprint density at radius 2 is 1.82 bits per heavy atom. The number of anilines is 1. The third-order valence-electron chi connectivity index (χ3n) is 7.24. The quantitative estimate of drug-likeness (QED) is 0.277. The number of halogens is 1. The van der Waals surface area contributed by atoms with Gasteiger partial charge in [-0.1, -0.05) is 76.0 Å². The number of rotatable bonds is 11. The number of hydrogen-bond donors (Lipinski definition) is 3. The number of carbonyl (C=O) groups excluding carboxylic acids is 1. The van der Waals surface area contributed by atoms with E-state index in [1.807, 2.05) is 27.7 Å². The van der Waals surface area contributed by atoms with Crippen LogP contribution < -0.4 is 10.6 Å². The van der Waals surface area contributed by atoms with Crippen LogP contribution in [0.15, 0.2) is 23.1 Å². The van der Waals surface area contributed by atoms with Crippen molar-refractivity contribution in [2.75, 3.05) is 11.6 Å². The van der Waals surface area contributed by atoms with Crippen LogP contribution in [0.3, 0.4) is 0 Å². The number of carbonyl (C=O) groups is 2. The summed E-state index contributed by atoms with van der Waals surface area (Å²) in [5.74, 6) is -1.07. The summed E-state index contributed by atoms with van der Waals surface area (Å²) in [4.78, 5) is 30.7. The number of aryl methyl sites for hydroxylation is 1. The van der Waals surface area contributed by atoms with E-state index >= 15 is 0 Å². The van der Waals surface area contributed by atoms with Gasteiger partial charge in [0.25, 0.3) is 0 Å². The lowest BCUT2D eigenvalue weighted by Gasteiger charge is -2.36. The molecule has 0 saturated heterocycles. The number of nitrogens with one attached hydrogen (secondary N) is 2. The molecule has 3 rings (SSSR count). The topological polar surface area (TPSA) is 125 Å². The second kappa shape index (κ2) is 12.2. The average Bonchev–Trinajstić information content (AvgIpc) is 3.17. The third kappa shape index (κ3) is 8.49. The second-order valence-corrected chi connectivity index (χ2v) is 15.5. The molecule has 216 valence electrons. The minimum atomic E-state index is -3.51. The van der Waals surface area contributed by atoms with Gasteiger partial charge in [-0.25, -0.2) is 13.4 Å². The van der Waals surface area contributed by atoms with E-state index in [-0.39, 0.29) is 21.9 Å². The minimum absolute atomic E-state index is 0.0426. The second-order valence-electron chi connectivity index (χ2n) is 12.1. The van der Waals surface area contributed by atoms with Crippen LogP contribution in [-0.4, -0.2) is 48.7 Å². The van der Waals surface area contributed by atoms with Gasteiger partial charge in [0.1, 0.15) is 6.04 Å². The standard InChI is InChI=1S/C28H40ClN3O5S2/c1-17-23(18-12-13-20(29)22(14-18)39(6,36)37)38-26(30-17)32-25(35)28(4,5)16-27(2,3)15-21(24(33)34)31-19-10-8-7-9-11-19/h12-14,19,21,31H,7-11,15-16H2,1-6H3,(H,33,34)(H,30,32,35)/t21-/m0/s1. The van der Waals surface area contributed by atoms with Crippen molar-refractivity contribution in [3.05, 3.63) is 28.9 Å². The van der Waals surface area contributed by atoms with Crippen LogP contribution in [0, 0.1) is 17.8 Å². The number of thiazole rings is 1. The fourth-order valence-electron chi connectivity index (χ4n) is 5.59. The maximum absolute atomic E-state index is 13.4. The first kappa shape index (κ1) is 31.5. The maximum atomic E-state index is 13.4. The van der Waals surface area contributed by atoms with Gasteiger partial charge in [0.05, 0.1) is 20.5 Å². The van der Waals surface area contributed by atoms with Crippen LogP contribution >= 0.6 is 22.9 Å². The summed E-state index contributed by atoms with van der Waals surface area (Å²) in [7, 11) is -3.51. The molecule has 1 aliphatic rings. The van der Waals surface area contributed by atoms with Crippen LogP contribution in [0.4, 0.5) is 5.13 Å². The fraction of sp³-hybridized carbons (Fsp3) is 0.607. The highest BCUT2D eigenvalue weighted by Crippen LogP contribution is 2.40. The molecule has 1 fully saturated rings. The van der Waals surface area contributed by atoms with E-state index in [0.717, 1.165) is 36.8 Å². The van der Waals surface area contributed by atoms with E-state index in [1.54, 1.807) is 19.1 Å². The molecule has 0 spiro atoms. The van der Waals surface area contributed by atoms with Gasteiger partial charge in [-0.2, -0.15) is 0 Å². The molecule has 0 radical (unpaired) electrons. The van der Waals surface area contributed by atoms with Crippen LogP contribution in [0.1, 0.15) is 78.3 Å². The molecule has 8 nitrogen and oxygen atoms in total. The summed E-state index contributed by atoms with van der Waals surface area (Å²) in [6.07, 6.45) is 7.44. The smallest absolute Gasteiger partial charge is 0.320 e. The molecule has 39 heavy (non-hydrogen) atoms. The van der Waals surface area contributed by atoms with Gasteiger partial charge >= 0.3 is 5.97 Å². The molecule has 1 saturated carbocycles. The number of nitrogens with zero attached hydrogens (tertiary/aromatic N) is 1. The molecular weight excluding hydrogens is 558 g/mol. The molecule has 2 aromatic rings. The Kier molecular flexibility index (Phi) is 9.89. The Hall–Kier alpha value is -2.01. The van der Waals surface area contributed by atoms with Gasteiger partial charge in [-0.05, 0) is 55.7 Å². The zero-order valence-electron chi connectivity index (χ0n) is 23.6. The number of carboxylic acids is 1. The van der Waals surface area contributed by atoms with Gasteiger partial charge in [0, 0.05) is 17.7 Å². The van der Waals surface area contributed by atoms with E-state index in [0.29, 0.717) is 29.2 Å². The lowest BCUT2D eigenvalue weighted by atomic mass is 9.71. The van der Waals surface area contributed by atoms with Gasteiger partial charge < -0.3 is 15.7 Å². The number of aromatic nitrogens is 1. The summed E-state index contributed by atoms with van der Waals surface area (Å²) >= 11 is 7.36. The molecule has 1 aromatic carbocycles. The van der Waals surface area contributed by atoms with Crippen LogP contribution in [0.5, 0.6) is 0 Å². The Labute approximate surface area is 240 Å². The van der Waals surface area contributed by atoms with E-state index in [9.17, 15) is 23.1 Å². The predicted molar refractivity (Wildman–Crippen MR) is 157 cm³/mol. The SMILES string of the molecule is Cc1nc(NC(=O)C(C)(C)CC(C)(C)C[C@H](NC2CCCCC2)C(=O)O)sc1-c1ccc(Cl)c(S(C)(=O)=O)c1. The number of benzene rings is 1. The largest absolute Gasteiger partial charge is 0.480 e. The van der Waals surface area contributed by atoms with Crippen molar-refractivity contribution < 1.29 is 23.1 Å². The third-order valence-corrected chi connectivity index (χ3v) is 9.94. The monoisotopic (exact) mass is 597 g/mol. The van der Waals surface area contributed by atoms with Crippen LogP contribution in [0.25, 0.3) is 10.4 Å². The van der Waals surface area contributed by atoms with E-state index in [4.69, 9.17) is 11.6 Å². The van der Waals surface area contributed by atoms with Crippen molar-refractivity contribution in [3.63, 3.8) is 0 Å². The predicted octanol–water partition coefficient (Wildman–Crippen LogP) is 6.32. The first-order chi connectivity index (χ1) is 18.0. The van der Waals surface area contributed by atoms with Gasteiger partial charge in [-0.3, -0.25) is 9.59 Å². The maximum Gasteiger partial charge on any atom is 0.320 e. The van der Waals surface area contributed by atoms with E-state index in [1.165, 1.54) is 23.8 Å². The van der Waals surface area contributed by atoms with Crippen molar-refractivity contribution >= 4 is 49.8 Å². The first-order valence-corrected chi connectivity index (χ1v) is 16.3. The Morgan fingerprint density at radius 3 is 2.41 bits per heavy atom. The summed E-state index contributed by atoms with van der Waals surface area (Å²) < 4.78 is 24.2. The highest BCUT2D eigenvalue weighted by molar-refractivity contribution is 7.90. The number of sulfone groups is 1. The van der Waals surface area contributed by atoms with Crippen molar-refractivity contribution in [3.8, 4) is 10.4 Å². The average molecular weight is 598 g/mol. The molecule has 1 atom stereocenters. The summed E-state index contributed by atoms with van der Waals surface area (Å²) in [6.45, 7) is 9.52. The number of carboxylic acid groups (broad SMARTS) is 1. The zero-order valence-corrected chi connectivity index (χ0v) is 25.9. The molecule has 0 bridgehead atoms. The number of amides is 1. The molecule has 11 heteroatoms. The lowest BCUT2D eigenvalue weighted by molar-refractivity contribution is -0.140.